The number of nitrogens with one attached hydrogen (secondary N) is 1. The van der Waals surface area contributed by atoms with Gasteiger partial charge in [-0.05, 0) is 30.7 Å². The van der Waals surface area contributed by atoms with E-state index >= 15 is 0 Å². The Morgan fingerprint density at radius 1 is 1.19 bits per heavy atom. The molecule has 116 valence electrons. The fraction of sp³-hybridized carbons (Fsp3) is 0.667. The predicted molar refractivity (Wildman–Crippen MR) is 86.4 cm³/mol. The lowest BCUT2D eigenvalue weighted by Crippen LogP contribution is -2.53. The molecule has 2 aliphatic rings. The lowest BCUT2D eigenvalue weighted by Gasteiger charge is -2.42. The van der Waals surface area contributed by atoms with Crippen LogP contribution in [0.4, 0.5) is 0 Å². The van der Waals surface area contributed by atoms with Crippen molar-refractivity contribution in [3.8, 4) is 0 Å². The van der Waals surface area contributed by atoms with Crippen molar-refractivity contribution in [1.29, 1.82) is 0 Å². The first-order valence-corrected chi connectivity index (χ1v) is 8.47. The lowest BCUT2D eigenvalue weighted by molar-refractivity contribution is 0.0350. The number of benzene rings is 1. The fourth-order valence-electron chi connectivity index (χ4n) is 3.62. The molecular formula is C18H28N2O. The molecule has 1 aromatic rings. The zero-order valence-corrected chi connectivity index (χ0v) is 13.1. The van der Waals surface area contributed by atoms with E-state index in [1.807, 2.05) is 0 Å². The highest BCUT2D eigenvalue weighted by molar-refractivity contribution is 5.20. The van der Waals surface area contributed by atoms with Gasteiger partial charge in [0.15, 0.2) is 0 Å². The van der Waals surface area contributed by atoms with Gasteiger partial charge >= 0.3 is 0 Å². The van der Waals surface area contributed by atoms with Crippen molar-refractivity contribution in [2.75, 3.05) is 32.8 Å². The molecule has 0 aliphatic carbocycles. The third kappa shape index (κ3) is 3.85. The number of hydrogen-bond donors (Lipinski definition) is 1. The summed E-state index contributed by atoms with van der Waals surface area (Å²) in [7, 11) is 0. The van der Waals surface area contributed by atoms with Crippen LogP contribution in [0, 0.1) is 5.92 Å². The highest BCUT2D eigenvalue weighted by Gasteiger charge is 2.30. The van der Waals surface area contributed by atoms with E-state index in [1.165, 1.54) is 37.9 Å². The van der Waals surface area contributed by atoms with Crippen molar-refractivity contribution in [2.24, 2.45) is 5.92 Å². The molecule has 1 N–H and O–H groups in total. The van der Waals surface area contributed by atoms with Gasteiger partial charge in [-0.15, -0.1) is 0 Å². The summed E-state index contributed by atoms with van der Waals surface area (Å²) in [5.74, 6) is 0.806. The van der Waals surface area contributed by atoms with E-state index in [4.69, 9.17) is 4.74 Å². The molecule has 2 saturated heterocycles. The molecule has 3 nitrogen and oxygen atoms in total. The van der Waals surface area contributed by atoms with Crippen molar-refractivity contribution in [2.45, 2.75) is 38.3 Å². The maximum Gasteiger partial charge on any atom is 0.0473 e. The van der Waals surface area contributed by atoms with E-state index in [2.05, 4.69) is 47.5 Å². The zero-order valence-electron chi connectivity index (χ0n) is 13.1. The maximum absolute atomic E-state index is 5.51. The van der Waals surface area contributed by atoms with Crippen LogP contribution in [0.2, 0.25) is 0 Å². The largest absolute Gasteiger partial charge is 0.381 e. The molecule has 0 spiro atoms. The molecule has 1 aromatic carbocycles. The Kier molecular flexibility index (Phi) is 5.28. The van der Waals surface area contributed by atoms with Crippen LogP contribution in [-0.2, 0) is 4.74 Å². The smallest absolute Gasteiger partial charge is 0.0473 e. The minimum absolute atomic E-state index is 0.525. The van der Waals surface area contributed by atoms with Crippen molar-refractivity contribution >= 4 is 0 Å². The molecule has 2 atom stereocenters. The van der Waals surface area contributed by atoms with Gasteiger partial charge in [-0.3, -0.25) is 4.90 Å². The van der Waals surface area contributed by atoms with Crippen LogP contribution in [0.5, 0.6) is 0 Å². The van der Waals surface area contributed by atoms with E-state index in [1.54, 1.807) is 0 Å². The van der Waals surface area contributed by atoms with E-state index in [0.717, 1.165) is 25.7 Å². The predicted octanol–water partition coefficient (Wildman–Crippen LogP) is 2.84. The SMILES string of the molecule is CCC1CN(CC2CCOCC2)C(c2ccccc2)CN1. The molecule has 0 aromatic heterocycles. The molecule has 21 heavy (non-hydrogen) atoms. The van der Waals surface area contributed by atoms with Crippen LogP contribution >= 0.6 is 0 Å². The Balaban J connectivity index is 1.70. The summed E-state index contributed by atoms with van der Waals surface area (Å²) >= 11 is 0. The Bertz CT molecular complexity index is 416. The van der Waals surface area contributed by atoms with Gasteiger partial charge in [-0.25, -0.2) is 0 Å². The van der Waals surface area contributed by atoms with E-state index in [9.17, 15) is 0 Å². The minimum atomic E-state index is 0.525. The first-order chi connectivity index (χ1) is 10.4. The third-order valence-corrected chi connectivity index (χ3v) is 5.01. The number of rotatable bonds is 4. The van der Waals surface area contributed by atoms with Crippen molar-refractivity contribution in [3.63, 3.8) is 0 Å². The van der Waals surface area contributed by atoms with Gasteiger partial charge in [-0.2, -0.15) is 0 Å². The molecule has 0 amide bonds. The van der Waals surface area contributed by atoms with Crippen LogP contribution in [0.3, 0.4) is 0 Å². The van der Waals surface area contributed by atoms with Crippen LogP contribution in [0.15, 0.2) is 30.3 Å². The number of ether oxygens (including phenoxy) is 1. The second kappa shape index (κ2) is 7.39. The summed E-state index contributed by atoms with van der Waals surface area (Å²) in [6.45, 7) is 7.65. The Morgan fingerprint density at radius 3 is 2.67 bits per heavy atom. The first kappa shape index (κ1) is 15.0. The molecule has 0 bridgehead atoms. The van der Waals surface area contributed by atoms with Gasteiger partial charge in [0.05, 0.1) is 0 Å². The summed E-state index contributed by atoms with van der Waals surface area (Å²) < 4.78 is 5.51. The Hall–Kier alpha value is -0.900. The maximum atomic E-state index is 5.51. The molecule has 2 fully saturated rings. The zero-order chi connectivity index (χ0) is 14.5. The Morgan fingerprint density at radius 2 is 1.95 bits per heavy atom. The molecular weight excluding hydrogens is 260 g/mol. The topological polar surface area (TPSA) is 24.5 Å². The van der Waals surface area contributed by atoms with Gasteiger partial charge in [0.1, 0.15) is 0 Å². The average molecular weight is 288 g/mol. The van der Waals surface area contributed by atoms with Crippen molar-refractivity contribution < 1.29 is 4.74 Å². The number of nitrogens with zero attached hydrogens (tertiary/aromatic N) is 1. The van der Waals surface area contributed by atoms with Gasteiger partial charge in [-0.1, -0.05) is 37.3 Å². The summed E-state index contributed by atoms with van der Waals surface area (Å²) in [5, 5.41) is 3.72. The molecule has 2 unspecified atom stereocenters. The van der Waals surface area contributed by atoms with Crippen LogP contribution in [-0.4, -0.2) is 43.8 Å². The summed E-state index contributed by atoms with van der Waals surface area (Å²) in [4.78, 5) is 2.72. The van der Waals surface area contributed by atoms with Gasteiger partial charge in [0.25, 0.3) is 0 Å². The average Bonchev–Trinajstić information content (AvgIpc) is 2.56. The number of hydrogen-bond acceptors (Lipinski definition) is 3. The number of piperazine rings is 1. The second-order valence-electron chi connectivity index (χ2n) is 6.45. The van der Waals surface area contributed by atoms with E-state index in [0.29, 0.717) is 12.1 Å². The van der Waals surface area contributed by atoms with Gasteiger partial charge in [0, 0.05) is 44.9 Å². The molecule has 0 saturated carbocycles. The monoisotopic (exact) mass is 288 g/mol. The molecule has 0 radical (unpaired) electrons. The molecule has 2 heterocycles. The van der Waals surface area contributed by atoms with E-state index in [-0.39, 0.29) is 0 Å². The lowest BCUT2D eigenvalue weighted by atomic mass is 9.95. The molecule has 3 rings (SSSR count). The summed E-state index contributed by atoms with van der Waals surface area (Å²) in [5.41, 5.74) is 1.45. The summed E-state index contributed by atoms with van der Waals surface area (Å²) in [6, 6.07) is 12.1. The minimum Gasteiger partial charge on any atom is -0.381 e. The van der Waals surface area contributed by atoms with Crippen LogP contribution < -0.4 is 5.32 Å². The third-order valence-electron chi connectivity index (χ3n) is 5.01. The van der Waals surface area contributed by atoms with Crippen molar-refractivity contribution in [1.82, 2.24) is 10.2 Å². The standard InChI is InChI=1S/C18H28N2O/c1-2-17-14-20(13-15-8-10-21-11-9-15)18(12-19-17)16-6-4-3-5-7-16/h3-7,15,17-19H,2,8-14H2,1H3. The van der Waals surface area contributed by atoms with Gasteiger partial charge in [0.2, 0.25) is 0 Å². The van der Waals surface area contributed by atoms with Crippen molar-refractivity contribution in [3.05, 3.63) is 35.9 Å². The quantitative estimate of drug-likeness (QED) is 0.922. The molecule has 3 heteroatoms. The van der Waals surface area contributed by atoms with Crippen LogP contribution in [0.25, 0.3) is 0 Å². The fourth-order valence-corrected chi connectivity index (χ4v) is 3.62. The van der Waals surface area contributed by atoms with Crippen LogP contribution in [0.1, 0.15) is 37.8 Å². The van der Waals surface area contributed by atoms with Gasteiger partial charge < -0.3 is 10.1 Å². The second-order valence-corrected chi connectivity index (χ2v) is 6.45. The highest BCUT2D eigenvalue weighted by Crippen LogP contribution is 2.27. The highest BCUT2D eigenvalue weighted by atomic mass is 16.5. The normalized spacial score (nSPS) is 28.6. The van der Waals surface area contributed by atoms with E-state index < -0.39 is 0 Å². The Labute approximate surface area is 128 Å². The summed E-state index contributed by atoms with van der Waals surface area (Å²) in [6.07, 6.45) is 3.66. The first-order valence-electron chi connectivity index (χ1n) is 8.47. The molecule has 2 aliphatic heterocycles.